The largest absolute Gasteiger partial charge is 0.460 e. The number of carbonyl (C=O) groups excluding carboxylic acids is 4. The quantitative estimate of drug-likeness (QED) is 0.207. The van der Waals surface area contributed by atoms with Gasteiger partial charge >= 0.3 is 5.97 Å². The van der Waals surface area contributed by atoms with Gasteiger partial charge in [0, 0.05) is 22.6 Å². The molecule has 0 fully saturated rings. The van der Waals surface area contributed by atoms with Crippen LogP contribution >= 0.6 is 16.1 Å². The molecule has 0 aliphatic carbocycles. The van der Waals surface area contributed by atoms with Gasteiger partial charge in [0.2, 0.25) is 17.7 Å². The highest BCUT2D eigenvalue weighted by Crippen LogP contribution is 2.08. The fourth-order valence-corrected chi connectivity index (χ4v) is 3.67. The van der Waals surface area contributed by atoms with E-state index in [1.165, 1.54) is 0 Å². The molecule has 0 saturated carbocycles. The minimum absolute atomic E-state index is 0.0282. The maximum atomic E-state index is 13.2. The zero-order valence-corrected chi connectivity index (χ0v) is 22.0. The lowest BCUT2D eigenvalue weighted by Crippen LogP contribution is -2.55. The highest BCUT2D eigenvalue weighted by Gasteiger charge is 2.28. The van der Waals surface area contributed by atoms with E-state index < -0.39 is 29.9 Å². The van der Waals surface area contributed by atoms with Gasteiger partial charge in [-0.15, -0.1) is 0 Å². The van der Waals surface area contributed by atoms with Crippen molar-refractivity contribution in [1.82, 2.24) is 20.3 Å². The molecule has 4 N–H and O–H groups in total. The van der Waals surface area contributed by atoms with Gasteiger partial charge in [0.1, 0.15) is 25.2 Å². The van der Waals surface area contributed by atoms with Gasteiger partial charge in [-0.3, -0.25) is 19.2 Å². The number of esters is 1. The third-order valence-corrected chi connectivity index (χ3v) is 5.43. The summed E-state index contributed by atoms with van der Waals surface area (Å²) in [5.41, 5.74) is 1.69. The normalized spacial score (nSPS) is 12.3. The molecule has 10 heteroatoms. The van der Waals surface area contributed by atoms with Crippen molar-refractivity contribution in [3.63, 3.8) is 0 Å². The summed E-state index contributed by atoms with van der Waals surface area (Å²) in [6.07, 6.45) is 0.605. The third-order valence-electron chi connectivity index (χ3n) is 5.15. The monoisotopic (exact) mass is 560 g/mol. The second-order valence-corrected chi connectivity index (χ2v) is 9.24. The fraction of sp³-hybridized carbons (Fsp3) is 0.385. The first-order chi connectivity index (χ1) is 17.3. The van der Waals surface area contributed by atoms with Gasteiger partial charge in [-0.25, -0.2) is 4.34 Å². The minimum Gasteiger partial charge on any atom is -0.460 e. The smallest absolute Gasteiger partial charge is 0.325 e. The van der Waals surface area contributed by atoms with Crippen LogP contribution in [0.3, 0.4) is 0 Å². The van der Waals surface area contributed by atoms with Crippen LogP contribution in [0.4, 0.5) is 0 Å². The first kappa shape index (κ1) is 29.0. The Morgan fingerprint density at radius 1 is 0.806 bits per heavy atom. The topological polar surface area (TPSA) is 126 Å². The van der Waals surface area contributed by atoms with Gasteiger partial charge in [0.05, 0.1) is 6.54 Å². The van der Waals surface area contributed by atoms with E-state index in [2.05, 4.69) is 36.4 Å². The number of nitrogens with one attached hydrogen (secondary N) is 4. The van der Waals surface area contributed by atoms with Crippen LogP contribution < -0.4 is 20.3 Å². The molecule has 2 unspecified atom stereocenters. The van der Waals surface area contributed by atoms with Crippen molar-refractivity contribution >= 4 is 39.8 Å². The van der Waals surface area contributed by atoms with Crippen LogP contribution in [0.5, 0.6) is 0 Å². The Morgan fingerprint density at radius 3 is 2.00 bits per heavy atom. The molecule has 0 radical (unpaired) electrons. The molecule has 0 bridgehead atoms. The molecule has 2 aromatic rings. The van der Waals surface area contributed by atoms with Gasteiger partial charge < -0.3 is 20.7 Å². The molecule has 3 amide bonds. The molecule has 0 aliphatic heterocycles. The zero-order valence-electron chi connectivity index (χ0n) is 20.5. The van der Waals surface area contributed by atoms with Gasteiger partial charge in [-0.05, 0) is 23.5 Å². The summed E-state index contributed by atoms with van der Waals surface area (Å²) in [6.45, 7) is 3.60. The lowest BCUT2D eigenvalue weighted by atomic mass is 10.0. The second kappa shape index (κ2) is 15.7. The SMILES string of the molecule is CC(C)CC(NC(=O)C(Cc1ccccc1)NC(=O)CNBr)C(=O)NCC(=O)OCc1ccccc1. The van der Waals surface area contributed by atoms with Crippen molar-refractivity contribution in [2.75, 3.05) is 13.1 Å². The Balaban J connectivity index is 1.99. The summed E-state index contributed by atoms with van der Waals surface area (Å²) in [4.78, 5) is 50.3. The van der Waals surface area contributed by atoms with E-state index in [0.717, 1.165) is 11.1 Å². The van der Waals surface area contributed by atoms with Gasteiger partial charge in [0.15, 0.2) is 0 Å². The number of benzene rings is 2. The van der Waals surface area contributed by atoms with E-state index in [1.54, 1.807) is 0 Å². The number of amides is 3. The van der Waals surface area contributed by atoms with E-state index in [1.807, 2.05) is 74.5 Å². The van der Waals surface area contributed by atoms with Crippen LogP contribution in [0.15, 0.2) is 60.7 Å². The van der Waals surface area contributed by atoms with Gasteiger partial charge in [0.25, 0.3) is 0 Å². The molecule has 2 atom stereocenters. The van der Waals surface area contributed by atoms with E-state index >= 15 is 0 Å². The summed E-state index contributed by atoms with van der Waals surface area (Å²) in [6, 6.07) is 16.7. The van der Waals surface area contributed by atoms with E-state index in [4.69, 9.17) is 4.74 Å². The van der Waals surface area contributed by atoms with E-state index in [9.17, 15) is 19.2 Å². The highest BCUT2D eigenvalue weighted by atomic mass is 79.9. The summed E-state index contributed by atoms with van der Waals surface area (Å²) in [7, 11) is 0. The number of carbonyl (C=O) groups is 4. The zero-order chi connectivity index (χ0) is 26.3. The average molecular weight is 561 g/mol. The van der Waals surface area contributed by atoms with Crippen molar-refractivity contribution in [3.05, 3.63) is 71.8 Å². The number of hydrogen-bond donors (Lipinski definition) is 4. The molecule has 194 valence electrons. The van der Waals surface area contributed by atoms with Crippen molar-refractivity contribution in [1.29, 1.82) is 0 Å². The van der Waals surface area contributed by atoms with E-state index in [-0.39, 0.29) is 37.9 Å². The minimum atomic E-state index is -0.890. The van der Waals surface area contributed by atoms with Gasteiger partial charge in [-0.1, -0.05) is 74.5 Å². The molecule has 0 spiro atoms. The standard InChI is InChI=1S/C26H33BrN4O5/c1-18(2)13-21(25(34)28-16-24(33)36-17-20-11-7-4-8-12-20)31-26(35)22(30-23(32)15-29-27)14-19-9-5-3-6-10-19/h3-12,18,21-22,29H,13-17H2,1-2H3,(H,28,34)(H,30,32)(H,31,35). The highest BCUT2D eigenvalue weighted by molar-refractivity contribution is 9.08. The molecule has 0 saturated heterocycles. The van der Waals surface area contributed by atoms with E-state index in [0.29, 0.717) is 6.42 Å². The maximum absolute atomic E-state index is 13.2. The molecule has 2 aromatic carbocycles. The lowest BCUT2D eigenvalue weighted by molar-refractivity contribution is -0.145. The van der Waals surface area contributed by atoms with Crippen LogP contribution in [-0.4, -0.2) is 48.9 Å². The molecular weight excluding hydrogens is 528 g/mol. The Labute approximate surface area is 220 Å². The Hall–Kier alpha value is -3.24. The Morgan fingerprint density at radius 2 is 1.42 bits per heavy atom. The van der Waals surface area contributed by atoms with Crippen LogP contribution in [0.25, 0.3) is 0 Å². The van der Waals surface area contributed by atoms with Crippen molar-refractivity contribution < 1.29 is 23.9 Å². The molecule has 2 rings (SSSR count). The van der Waals surface area contributed by atoms with Crippen LogP contribution in [0.2, 0.25) is 0 Å². The predicted octanol–water partition coefficient (Wildman–Crippen LogP) is 2.00. The molecule has 0 heterocycles. The summed E-state index contributed by atoms with van der Waals surface area (Å²) in [5.74, 6) is -1.87. The lowest BCUT2D eigenvalue weighted by Gasteiger charge is -2.24. The fourth-order valence-electron chi connectivity index (χ4n) is 3.41. The third kappa shape index (κ3) is 11.0. The van der Waals surface area contributed by atoms with Crippen molar-refractivity contribution in [2.24, 2.45) is 5.92 Å². The van der Waals surface area contributed by atoms with Crippen molar-refractivity contribution in [3.8, 4) is 0 Å². The molecular formula is C26H33BrN4O5. The Kier molecular flexibility index (Phi) is 12.6. The van der Waals surface area contributed by atoms with Gasteiger partial charge in [-0.2, -0.15) is 0 Å². The second-order valence-electron chi connectivity index (χ2n) is 8.68. The number of rotatable bonds is 14. The van der Waals surface area contributed by atoms with Crippen LogP contribution in [-0.2, 0) is 36.9 Å². The number of halogens is 1. The summed E-state index contributed by atoms with van der Waals surface area (Å²) in [5, 5.41) is 7.99. The Bertz CT molecular complexity index is 988. The summed E-state index contributed by atoms with van der Waals surface area (Å²) < 4.78 is 7.76. The first-order valence-electron chi connectivity index (χ1n) is 11.7. The van der Waals surface area contributed by atoms with Crippen LogP contribution in [0.1, 0.15) is 31.4 Å². The predicted molar refractivity (Wildman–Crippen MR) is 140 cm³/mol. The number of ether oxygens (including phenoxy) is 1. The maximum Gasteiger partial charge on any atom is 0.325 e. The molecule has 36 heavy (non-hydrogen) atoms. The molecule has 9 nitrogen and oxygen atoms in total. The molecule has 0 aliphatic rings. The van der Waals surface area contributed by atoms with Crippen molar-refractivity contribution in [2.45, 2.75) is 45.4 Å². The summed E-state index contributed by atoms with van der Waals surface area (Å²) >= 11 is 2.98. The van der Waals surface area contributed by atoms with Crippen LogP contribution in [0, 0.1) is 5.92 Å². The molecule has 0 aromatic heterocycles. The number of hydrogen-bond acceptors (Lipinski definition) is 6. The first-order valence-corrected chi connectivity index (χ1v) is 12.5. The average Bonchev–Trinajstić information content (AvgIpc) is 2.86.